The van der Waals surface area contributed by atoms with Gasteiger partial charge in [-0.15, -0.1) is 0 Å². The molecule has 93 valence electrons. The molecule has 1 amide bonds. The number of aromatic amines is 1. The molecule has 0 aliphatic carbocycles. The third kappa shape index (κ3) is 2.22. The fraction of sp³-hybridized carbons (Fsp3) is 0.0625. The summed E-state index contributed by atoms with van der Waals surface area (Å²) >= 11 is 0. The van der Waals surface area contributed by atoms with Crippen LogP contribution < -0.4 is 5.32 Å². The molecule has 3 aromatic rings. The van der Waals surface area contributed by atoms with Crippen LogP contribution in [-0.2, 0) is 4.79 Å². The number of aromatic nitrogens is 1. The van der Waals surface area contributed by atoms with Crippen LogP contribution in [-0.4, -0.2) is 10.9 Å². The zero-order chi connectivity index (χ0) is 13.2. The Hall–Kier alpha value is -2.55. The van der Waals surface area contributed by atoms with Crippen molar-refractivity contribution in [3.8, 4) is 11.1 Å². The molecule has 1 aromatic heterocycles. The Balaban J connectivity index is 2.11. The zero-order valence-corrected chi connectivity index (χ0v) is 10.5. The normalized spacial score (nSPS) is 10.6. The molecule has 3 heteroatoms. The summed E-state index contributed by atoms with van der Waals surface area (Å²) < 4.78 is 0. The van der Waals surface area contributed by atoms with Gasteiger partial charge in [0.15, 0.2) is 0 Å². The fourth-order valence-corrected chi connectivity index (χ4v) is 2.22. The Bertz CT molecular complexity index is 743. The highest BCUT2D eigenvalue weighted by Gasteiger charge is 2.05. The SMILES string of the molecule is CC(=O)Nc1cc[c]c(-c2cccc3[nH]ccc23)c1. The summed E-state index contributed by atoms with van der Waals surface area (Å²) in [7, 11) is 0. The van der Waals surface area contributed by atoms with Crippen molar-refractivity contribution in [2.24, 2.45) is 0 Å². The monoisotopic (exact) mass is 249 g/mol. The van der Waals surface area contributed by atoms with Gasteiger partial charge in [-0.3, -0.25) is 4.79 Å². The van der Waals surface area contributed by atoms with Gasteiger partial charge in [-0.1, -0.05) is 18.2 Å². The minimum Gasteiger partial charge on any atom is -0.361 e. The van der Waals surface area contributed by atoms with E-state index in [1.54, 1.807) is 0 Å². The number of benzene rings is 2. The third-order valence-electron chi connectivity index (χ3n) is 3.01. The van der Waals surface area contributed by atoms with E-state index >= 15 is 0 Å². The molecule has 0 fully saturated rings. The largest absolute Gasteiger partial charge is 0.361 e. The van der Waals surface area contributed by atoms with E-state index in [1.807, 2.05) is 42.6 Å². The van der Waals surface area contributed by atoms with Gasteiger partial charge in [0.25, 0.3) is 0 Å². The van der Waals surface area contributed by atoms with Crippen molar-refractivity contribution in [1.82, 2.24) is 4.98 Å². The van der Waals surface area contributed by atoms with Crippen LogP contribution in [0.25, 0.3) is 22.0 Å². The molecule has 3 nitrogen and oxygen atoms in total. The van der Waals surface area contributed by atoms with Crippen molar-refractivity contribution in [1.29, 1.82) is 0 Å². The van der Waals surface area contributed by atoms with Gasteiger partial charge in [-0.2, -0.15) is 0 Å². The van der Waals surface area contributed by atoms with E-state index in [4.69, 9.17) is 0 Å². The number of carbonyl (C=O) groups excluding carboxylic acids is 1. The summed E-state index contributed by atoms with van der Waals surface area (Å²) in [4.78, 5) is 14.3. The lowest BCUT2D eigenvalue weighted by molar-refractivity contribution is -0.114. The van der Waals surface area contributed by atoms with Gasteiger partial charge < -0.3 is 10.3 Å². The summed E-state index contributed by atoms with van der Waals surface area (Å²) in [5.41, 5.74) is 3.95. The Kier molecular flexibility index (Phi) is 2.80. The molecule has 0 aliphatic rings. The van der Waals surface area contributed by atoms with Crippen LogP contribution >= 0.6 is 0 Å². The van der Waals surface area contributed by atoms with Crippen molar-refractivity contribution in [2.75, 3.05) is 5.32 Å². The molecule has 0 saturated heterocycles. The molecule has 2 aromatic carbocycles. The van der Waals surface area contributed by atoms with E-state index in [9.17, 15) is 4.79 Å². The molecule has 2 N–H and O–H groups in total. The number of anilines is 1. The second kappa shape index (κ2) is 4.61. The summed E-state index contributed by atoms with van der Waals surface area (Å²) in [6.07, 6.45) is 1.92. The van der Waals surface area contributed by atoms with Crippen molar-refractivity contribution >= 4 is 22.5 Å². The highest BCUT2D eigenvalue weighted by Crippen LogP contribution is 2.29. The van der Waals surface area contributed by atoms with Crippen LogP contribution in [0.5, 0.6) is 0 Å². The second-order valence-corrected chi connectivity index (χ2v) is 4.42. The Morgan fingerprint density at radius 3 is 3.00 bits per heavy atom. The van der Waals surface area contributed by atoms with E-state index in [1.165, 1.54) is 6.92 Å². The first-order valence-electron chi connectivity index (χ1n) is 6.10. The number of nitrogens with one attached hydrogen (secondary N) is 2. The Labute approximate surface area is 111 Å². The highest BCUT2D eigenvalue weighted by molar-refractivity contribution is 5.96. The van der Waals surface area contributed by atoms with Crippen LogP contribution in [0, 0.1) is 6.07 Å². The first-order valence-corrected chi connectivity index (χ1v) is 6.10. The summed E-state index contributed by atoms with van der Waals surface area (Å²) in [5.74, 6) is -0.0722. The smallest absolute Gasteiger partial charge is 0.221 e. The molecular formula is C16H13N2O. The lowest BCUT2D eigenvalue weighted by Crippen LogP contribution is -2.05. The summed E-state index contributed by atoms with van der Waals surface area (Å²) in [6.45, 7) is 1.50. The number of hydrogen-bond donors (Lipinski definition) is 2. The van der Waals surface area contributed by atoms with Crippen LogP contribution in [0.15, 0.2) is 48.7 Å². The van der Waals surface area contributed by atoms with E-state index in [2.05, 4.69) is 22.4 Å². The van der Waals surface area contributed by atoms with Crippen LogP contribution in [0.1, 0.15) is 6.92 Å². The molecule has 0 unspecified atom stereocenters. The highest BCUT2D eigenvalue weighted by atomic mass is 16.1. The van der Waals surface area contributed by atoms with E-state index in [0.29, 0.717) is 0 Å². The van der Waals surface area contributed by atoms with Crippen molar-refractivity contribution in [2.45, 2.75) is 6.92 Å². The van der Waals surface area contributed by atoms with Gasteiger partial charge >= 0.3 is 0 Å². The number of rotatable bonds is 2. The summed E-state index contributed by atoms with van der Waals surface area (Å²) in [5, 5.41) is 3.94. The second-order valence-electron chi connectivity index (χ2n) is 4.42. The van der Waals surface area contributed by atoms with Crippen LogP contribution in [0.2, 0.25) is 0 Å². The molecular weight excluding hydrogens is 236 g/mol. The number of hydrogen-bond acceptors (Lipinski definition) is 1. The van der Waals surface area contributed by atoms with Gasteiger partial charge in [0.2, 0.25) is 5.91 Å². The molecule has 0 spiro atoms. The number of H-pyrrole nitrogens is 1. The zero-order valence-electron chi connectivity index (χ0n) is 10.5. The Morgan fingerprint density at radius 2 is 2.16 bits per heavy atom. The average molecular weight is 249 g/mol. The lowest BCUT2D eigenvalue weighted by Gasteiger charge is -2.07. The predicted molar refractivity (Wildman–Crippen MR) is 76.9 cm³/mol. The third-order valence-corrected chi connectivity index (χ3v) is 3.01. The van der Waals surface area contributed by atoms with Crippen LogP contribution in [0.4, 0.5) is 5.69 Å². The number of amides is 1. The Morgan fingerprint density at radius 1 is 1.26 bits per heavy atom. The molecule has 1 radical (unpaired) electrons. The standard InChI is InChI=1S/C16H13N2O/c1-11(19)18-13-5-2-4-12(10-13)14-6-3-7-16-15(14)8-9-17-16/h2-3,5-10,17H,1H3,(H,18,19). The number of fused-ring (bicyclic) bond motifs is 1. The molecule has 0 bridgehead atoms. The van der Waals surface area contributed by atoms with E-state index in [0.717, 1.165) is 27.7 Å². The van der Waals surface area contributed by atoms with Gasteiger partial charge in [0, 0.05) is 29.7 Å². The minimum absolute atomic E-state index is 0.0722. The van der Waals surface area contributed by atoms with E-state index in [-0.39, 0.29) is 5.91 Å². The molecule has 3 rings (SSSR count). The molecule has 0 saturated carbocycles. The van der Waals surface area contributed by atoms with Gasteiger partial charge in [0.1, 0.15) is 0 Å². The van der Waals surface area contributed by atoms with Gasteiger partial charge in [-0.25, -0.2) is 0 Å². The van der Waals surface area contributed by atoms with Crippen molar-refractivity contribution < 1.29 is 4.79 Å². The maximum atomic E-state index is 11.1. The fourth-order valence-electron chi connectivity index (χ4n) is 2.22. The maximum absolute atomic E-state index is 11.1. The molecule has 1 heterocycles. The van der Waals surface area contributed by atoms with Crippen molar-refractivity contribution in [3.63, 3.8) is 0 Å². The van der Waals surface area contributed by atoms with E-state index < -0.39 is 0 Å². The lowest BCUT2D eigenvalue weighted by atomic mass is 10.0. The minimum atomic E-state index is -0.0722. The maximum Gasteiger partial charge on any atom is 0.221 e. The molecule has 0 aliphatic heterocycles. The first-order chi connectivity index (χ1) is 9.24. The topological polar surface area (TPSA) is 44.9 Å². The van der Waals surface area contributed by atoms with Gasteiger partial charge in [-0.05, 0) is 41.5 Å². The first kappa shape index (κ1) is 11.5. The quantitative estimate of drug-likeness (QED) is 0.716. The summed E-state index contributed by atoms with van der Waals surface area (Å²) in [6, 6.07) is 17.0. The molecule has 0 atom stereocenters. The molecule has 19 heavy (non-hydrogen) atoms. The van der Waals surface area contributed by atoms with Crippen molar-refractivity contribution in [3.05, 3.63) is 54.7 Å². The predicted octanol–water partition coefficient (Wildman–Crippen LogP) is 3.59. The average Bonchev–Trinajstić information content (AvgIpc) is 2.86. The number of carbonyl (C=O) groups is 1. The van der Waals surface area contributed by atoms with Crippen LogP contribution in [0.3, 0.4) is 0 Å². The van der Waals surface area contributed by atoms with Gasteiger partial charge in [0.05, 0.1) is 0 Å².